The van der Waals surface area contributed by atoms with Gasteiger partial charge in [-0.25, -0.2) is 4.79 Å². The largest absolute Gasteiger partial charge is 0.493 e. The first-order chi connectivity index (χ1) is 9.74. The number of rotatable bonds is 2. The average Bonchev–Trinajstić information content (AvgIpc) is 2.50. The Labute approximate surface area is 115 Å². The Morgan fingerprint density at radius 1 is 0.950 bits per heavy atom. The molecule has 2 aromatic rings. The first-order valence-electron chi connectivity index (χ1n) is 5.98. The number of fused-ring (bicyclic) bond motifs is 2. The Morgan fingerprint density at radius 2 is 1.65 bits per heavy atom. The van der Waals surface area contributed by atoms with Crippen LogP contribution >= 0.6 is 0 Å². The van der Waals surface area contributed by atoms with Crippen LogP contribution in [0, 0.1) is 0 Å². The summed E-state index contributed by atoms with van der Waals surface area (Å²) in [6.45, 7) is 0. The molecular weight excluding hydrogens is 260 g/mol. The maximum Gasteiger partial charge on any atom is 0.341 e. The molecule has 3 rings (SSSR count). The maximum absolute atomic E-state index is 11.8. The molecule has 20 heavy (non-hydrogen) atoms. The van der Waals surface area contributed by atoms with Gasteiger partial charge in [0.05, 0.1) is 14.2 Å². The van der Waals surface area contributed by atoms with Gasteiger partial charge in [0.2, 0.25) is 5.75 Å². The van der Waals surface area contributed by atoms with Gasteiger partial charge in [0.15, 0.2) is 23.0 Å². The molecule has 0 atom stereocenters. The first kappa shape index (κ1) is 12.3. The summed E-state index contributed by atoms with van der Waals surface area (Å²) >= 11 is 0. The predicted molar refractivity (Wildman–Crippen MR) is 70.9 cm³/mol. The molecule has 0 N–H and O–H groups in total. The highest BCUT2D eigenvalue weighted by Crippen LogP contribution is 2.50. The third-order valence-electron chi connectivity index (χ3n) is 2.97. The highest BCUT2D eigenvalue weighted by atomic mass is 16.6. The average molecular weight is 272 g/mol. The SMILES string of the molecule is COC(=O)c1cccc2c1Oc1c(OC)cccc1O2. The predicted octanol–water partition coefficient (Wildman–Crippen LogP) is 3.38. The van der Waals surface area contributed by atoms with E-state index in [1.54, 1.807) is 43.5 Å². The molecule has 1 heterocycles. The lowest BCUT2D eigenvalue weighted by atomic mass is 10.1. The van der Waals surface area contributed by atoms with Gasteiger partial charge < -0.3 is 18.9 Å². The summed E-state index contributed by atoms with van der Waals surface area (Å²) in [6.07, 6.45) is 0. The fraction of sp³-hybridized carbons (Fsp3) is 0.133. The molecule has 0 unspecified atom stereocenters. The lowest BCUT2D eigenvalue weighted by Crippen LogP contribution is -2.08. The highest BCUT2D eigenvalue weighted by molar-refractivity contribution is 5.94. The van der Waals surface area contributed by atoms with Crippen LogP contribution in [0.15, 0.2) is 36.4 Å². The van der Waals surface area contributed by atoms with Crippen LogP contribution in [0.5, 0.6) is 28.7 Å². The number of esters is 1. The van der Waals surface area contributed by atoms with Crippen LogP contribution in [0.1, 0.15) is 10.4 Å². The van der Waals surface area contributed by atoms with E-state index in [-0.39, 0.29) is 0 Å². The number of carbonyl (C=O) groups excluding carboxylic acids is 1. The van der Waals surface area contributed by atoms with Gasteiger partial charge in [-0.3, -0.25) is 0 Å². The molecule has 0 amide bonds. The molecule has 2 aromatic carbocycles. The topological polar surface area (TPSA) is 54.0 Å². The zero-order chi connectivity index (χ0) is 14.1. The number of hydrogen-bond donors (Lipinski definition) is 0. The van der Waals surface area contributed by atoms with Gasteiger partial charge in [0.25, 0.3) is 0 Å². The molecule has 0 aromatic heterocycles. The summed E-state index contributed by atoms with van der Waals surface area (Å²) in [4.78, 5) is 11.8. The lowest BCUT2D eigenvalue weighted by molar-refractivity contribution is 0.0596. The van der Waals surface area contributed by atoms with E-state index in [0.29, 0.717) is 34.3 Å². The highest BCUT2D eigenvalue weighted by Gasteiger charge is 2.27. The molecule has 5 heteroatoms. The van der Waals surface area contributed by atoms with Crippen LogP contribution in [0.2, 0.25) is 0 Å². The number of para-hydroxylation sites is 2. The molecule has 0 saturated heterocycles. The normalized spacial score (nSPS) is 11.5. The number of benzene rings is 2. The molecule has 5 nitrogen and oxygen atoms in total. The summed E-state index contributed by atoms with van der Waals surface area (Å²) in [6, 6.07) is 10.4. The molecular formula is C15H12O5. The molecule has 0 spiro atoms. The van der Waals surface area contributed by atoms with Crippen molar-refractivity contribution < 1.29 is 23.7 Å². The third kappa shape index (κ3) is 1.84. The van der Waals surface area contributed by atoms with Crippen molar-refractivity contribution in [1.82, 2.24) is 0 Å². The first-order valence-corrected chi connectivity index (χ1v) is 5.98. The molecule has 0 aliphatic carbocycles. The van der Waals surface area contributed by atoms with Gasteiger partial charge in [-0.15, -0.1) is 0 Å². The van der Waals surface area contributed by atoms with Crippen molar-refractivity contribution in [2.45, 2.75) is 0 Å². The minimum atomic E-state index is -0.483. The minimum Gasteiger partial charge on any atom is -0.493 e. The Hall–Kier alpha value is -2.69. The Bertz CT molecular complexity index is 678. The van der Waals surface area contributed by atoms with E-state index >= 15 is 0 Å². The Balaban J connectivity index is 2.12. The minimum absolute atomic E-state index is 0.307. The van der Waals surface area contributed by atoms with Gasteiger partial charge >= 0.3 is 5.97 Å². The van der Waals surface area contributed by atoms with Crippen LogP contribution in [0.3, 0.4) is 0 Å². The fourth-order valence-electron chi connectivity index (χ4n) is 2.03. The van der Waals surface area contributed by atoms with Gasteiger partial charge in [0.1, 0.15) is 5.56 Å². The second-order valence-electron chi connectivity index (χ2n) is 4.12. The quantitative estimate of drug-likeness (QED) is 0.669. The number of carbonyl (C=O) groups is 1. The standard InChI is InChI=1S/C15H12O5/c1-17-10-6-4-8-12-14(10)20-13-9(15(16)18-2)5-3-7-11(13)19-12/h3-8H,1-2H3. The molecule has 102 valence electrons. The smallest absolute Gasteiger partial charge is 0.341 e. The van der Waals surface area contributed by atoms with Crippen LogP contribution in [0.4, 0.5) is 0 Å². The molecule has 1 aliphatic rings. The van der Waals surface area contributed by atoms with Crippen molar-refractivity contribution in [1.29, 1.82) is 0 Å². The van der Waals surface area contributed by atoms with E-state index in [4.69, 9.17) is 18.9 Å². The van der Waals surface area contributed by atoms with Crippen LogP contribution in [0.25, 0.3) is 0 Å². The fourth-order valence-corrected chi connectivity index (χ4v) is 2.03. The van der Waals surface area contributed by atoms with Gasteiger partial charge in [0, 0.05) is 0 Å². The van der Waals surface area contributed by atoms with Crippen molar-refractivity contribution >= 4 is 5.97 Å². The Kier molecular flexibility index (Phi) is 2.95. The monoisotopic (exact) mass is 272 g/mol. The van der Waals surface area contributed by atoms with Gasteiger partial charge in [-0.05, 0) is 24.3 Å². The van der Waals surface area contributed by atoms with Crippen LogP contribution < -0.4 is 14.2 Å². The molecule has 1 aliphatic heterocycles. The summed E-state index contributed by atoms with van der Waals surface area (Å²) in [7, 11) is 2.86. The second-order valence-corrected chi connectivity index (χ2v) is 4.12. The molecule has 0 bridgehead atoms. The third-order valence-corrected chi connectivity index (χ3v) is 2.97. The molecule has 0 fully saturated rings. The number of ether oxygens (including phenoxy) is 4. The van der Waals surface area contributed by atoms with Gasteiger partial charge in [-0.2, -0.15) is 0 Å². The van der Waals surface area contributed by atoms with Crippen molar-refractivity contribution in [3.05, 3.63) is 42.0 Å². The van der Waals surface area contributed by atoms with E-state index < -0.39 is 5.97 Å². The van der Waals surface area contributed by atoms with Crippen molar-refractivity contribution in [2.24, 2.45) is 0 Å². The van der Waals surface area contributed by atoms with E-state index in [1.165, 1.54) is 7.11 Å². The van der Waals surface area contributed by atoms with E-state index in [0.717, 1.165) is 0 Å². The van der Waals surface area contributed by atoms with E-state index in [1.807, 2.05) is 0 Å². The maximum atomic E-state index is 11.8. The Morgan fingerprint density at radius 3 is 2.35 bits per heavy atom. The second kappa shape index (κ2) is 4.77. The summed E-state index contributed by atoms with van der Waals surface area (Å²) in [5.74, 6) is 1.83. The summed E-state index contributed by atoms with van der Waals surface area (Å²) < 4.78 is 21.5. The van der Waals surface area contributed by atoms with E-state index in [9.17, 15) is 4.79 Å². The lowest BCUT2D eigenvalue weighted by Gasteiger charge is -2.23. The van der Waals surface area contributed by atoms with Crippen molar-refractivity contribution in [3.8, 4) is 28.7 Å². The zero-order valence-corrected chi connectivity index (χ0v) is 11.0. The van der Waals surface area contributed by atoms with Gasteiger partial charge in [-0.1, -0.05) is 12.1 Å². The van der Waals surface area contributed by atoms with Crippen LogP contribution in [-0.2, 0) is 4.74 Å². The summed E-state index contributed by atoms with van der Waals surface area (Å²) in [5, 5.41) is 0. The van der Waals surface area contributed by atoms with E-state index in [2.05, 4.69) is 0 Å². The summed E-state index contributed by atoms with van der Waals surface area (Å²) in [5.41, 5.74) is 0.307. The molecule has 0 radical (unpaired) electrons. The van der Waals surface area contributed by atoms with Crippen LogP contribution in [-0.4, -0.2) is 20.2 Å². The molecule has 0 saturated carbocycles. The number of hydrogen-bond acceptors (Lipinski definition) is 5. The van der Waals surface area contributed by atoms with Crippen molar-refractivity contribution in [3.63, 3.8) is 0 Å². The van der Waals surface area contributed by atoms with Crippen molar-refractivity contribution in [2.75, 3.05) is 14.2 Å². The zero-order valence-electron chi connectivity index (χ0n) is 11.0. The number of methoxy groups -OCH3 is 2.